The SMILES string of the molecule is O=C(Nc1ccc(F)c(Cl)c1)C1CCNc2ccccc21. The molecule has 1 aliphatic rings. The third-order valence-electron chi connectivity index (χ3n) is 3.59. The number of rotatable bonds is 2. The van der Waals surface area contributed by atoms with E-state index in [1.807, 2.05) is 24.3 Å². The second kappa shape index (κ2) is 5.74. The number of amides is 1. The smallest absolute Gasteiger partial charge is 0.232 e. The van der Waals surface area contributed by atoms with Crippen molar-refractivity contribution >= 4 is 28.9 Å². The van der Waals surface area contributed by atoms with E-state index >= 15 is 0 Å². The highest BCUT2D eigenvalue weighted by molar-refractivity contribution is 6.31. The third-order valence-corrected chi connectivity index (χ3v) is 3.88. The van der Waals surface area contributed by atoms with Crippen molar-refractivity contribution in [2.75, 3.05) is 17.2 Å². The lowest BCUT2D eigenvalue weighted by atomic mass is 9.90. The van der Waals surface area contributed by atoms with Gasteiger partial charge in [0.25, 0.3) is 0 Å². The molecule has 3 nitrogen and oxygen atoms in total. The molecule has 2 aromatic rings. The topological polar surface area (TPSA) is 41.1 Å². The number of fused-ring (bicyclic) bond motifs is 1. The molecule has 21 heavy (non-hydrogen) atoms. The Balaban J connectivity index is 1.81. The summed E-state index contributed by atoms with van der Waals surface area (Å²) in [6, 6.07) is 11.9. The molecule has 2 aromatic carbocycles. The van der Waals surface area contributed by atoms with Crippen molar-refractivity contribution in [2.45, 2.75) is 12.3 Å². The maximum atomic E-state index is 13.1. The fourth-order valence-electron chi connectivity index (χ4n) is 2.54. The summed E-state index contributed by atoms with van der Waals surface area (Å²) in [5, 5.41) is 6.08. The number of carbonyl (C=O) groups is 1. The molecule has 0 spiro atoms. The normalized spacial score (nSPS) is 16.8. The van der Waals surface area contributed by atoms with Crippen molar-refractivity contribution in [1.82, 2.24) is 0 Å². The molecule has 1 atom stereocenters. The summed E-state index contributed by atoms with van der Waals surface area (Å²) < 4.78 is 13.1. The molecule has 0 saturated carbocycles. The second-order valence-corrected chi connectivity index (χ2v) is 5.38. The number of anilines is 2. The van der Waals surface area contributed by atoms with Crippen LogP contribution in [0.5, 0.6) is 0 Å². The van der Waals surface area contributed by atoms with Crippen molar-refractivity contribution in [3.05, 3.63) is 58.9 Å². The van der Waals surface area contributed by atoms with E-state index in [-0.39, 0.29) is 16.8 Å². The molecule has 2 N–H and O–H groups in total. The van der Waals surface area contributed by atoms with Gasteiger partial charge in [0.2, 0.25) is 5.91 Å². The van der Waals surface area contributed by atoms with Gasteiger partial charge in [-0.3, -0.25) is 4.79 Å². The molecular weight excluding hydrogens is 291 g/mol. The minimum Gasteiger partial charge on any atom is -0.385 e. The summed E-state index contributed by atoms with van der Waals surface area (Å²) in [6.07, 6.45) is 0.720. The van der Waals surface area contributed by atoms with Gasteiger partial charge in [0.05, 0.1) is 10.9 Å². The third kappa shape index (κ3) is 2.85. The Bertz CT molecular complexity index is 690. The van der Waals surface area contributed by atoms with Crippen LogP contribution >= 0.6 is 11.6 Å². The van der Waals surface area contributed by atoms with Gasteiger partial charge in [-0.15, -0.1) is 0 Å². The van der Waals surface area contributed by atoms with E-state index in [0.29, 0.717) is 5.69 Å². The van der Waals surface area contributed by atoms with Gasteiger partial charge in [-0.1, -0.05) is 29.8 Å². The zero-order valence-electron chi connectivity index (χ0n) is 11.2. The largest absolute Gasteiger partial charge is 0.385 e. The molecule has 0 saturated heterocycles. The van der Waals surface area contributed by atoms with Crippen LogP contribution in [-0.2, 0) is 4.79 Å². The van der Waals surface area contributed by atoms with Crippen molar-refractivity contribution in [1.29, 1.82) is 0 Å². The predicted molar refractivity (Wildman–Crippen MR) is 82.3 cm³/mol. The first-order valence-electron chi connectivity index (χ1n) is 6.74. The van der Waals surface area contributed by atoms with E-state index in [0.717, 1.165) is 24.2 Å². The van der Waals surface area contributed by atoms with E-state index in [1.54, 1.807) is 0 Å². The van der Waals surface area contributed by atoms with Crippen molar-refractivity contribution in [2.24, 2.45) is 0 Å². The van der Waals surface area contributed by atoms with Gasteiger partial charge in [0.1, 0.15) is 5.82 Å². The van der Waals surface area contributed by atoms with Gasteiger partial charge in [-0.05, 0) is 36.2 Å². The fraction of sp³-hybridized carbons (Fsp3) is 0.188. The molecular formula is C16H14ClFN2O. The first-order valence-corrected chi connectivity index (χ1v) is 7.11. The minimum atomic E-state index is -0.498. The number of carbonyl (C=O) groups excluding carboxylic acids is 1. The van der Waals surface area contributed by atoms with Gasteiger partial charge in [-0.2, -0.15) is 0 Å². The average molecular weight is 305 g/mol. The molecule has 0 radical (unpaired) electrons. The lowest BCUT2D eigenvalue weighted by Gasteiger charge is -2.25. The summed E-state index contributed by atoms with van der Waals surface area (Å²) >= 11 is 5.73. The van der Waals surface area contributed by atoms with Gasteiger partial charge >= 0.3 is 0 Å². The van der Waals surface area contributed by atoms with E-state index in [2.05, 4.69) is 10.6 Å². The lowest BCUT2D eigenvalue weighted by molar-refractivity contribution is -0.117. The van der Waals surface area contributed by atoms with Crippen LogP contribution in [0.4, 0.5) is 15.8 Å². The Morgan fingerprint density at radius 3 is 2.90 bits per heavy atom. The molecule has 3 rings (SSSR count). The van der Waals surface area contributed by atoms with Crippen LogP contribution in [0, 0.1) is 5.82 Å². The van der Waals surface area contributed by atoms with Crippen LogP contribution in [0.3, 0.4) is 0 Å². The molecule has 1 heterocycles. The van der Waals surface area contributed by atoms with Crippen molar-refractivity contribution in [3.8, 4) is 0 Å². The summed E-state index contributed by atoms with van der Waals surface area (Å²) in [5.41, 5.74) is 2.47. The van der Waals surface area contributed by atoms with Crippen molar-refractivity contribution < 1.29 is 9.18 Å². The molecule has 5 heteroatoms. The summed E-state index contributed by atoms with van der Waals surface area (Å²) in [5.74, 6) is -0.820. The molecule has 0 aromatic heterocycles. The Morgan fingerprint density at radius 1 is 1.29 bits per heavy atom. The first-order chi connectivity index (χ1) is 10.1. The Labute approximate surface area is 127 Å². The number of hydrogen-bond donors (Lipinski definition) is 2. The minimum absolute atomic E-state index is 0.00138. The fourth-order valence-corrected chi connectivity index (χ4v) is 2.72. The van der Waals surface area contributed by atoms with Crippen LogP contribution in [0.15, 0.2) is 42.5 Å². The molecule has 1 aliphatic heterocycles. The van der Waals surface area contributed by atoms with Gasteiger partial charge in [-0.25, -0.2) is 4.39 Å². The van der Waals surface area contributed by atoms with Gasteiger partial charge in [0.15, 0.2) is 0 Å². The van der Waals surface area contributed by atoms with Gasteiger partial charge < -0.3 is 10.6 Å². The molecule has 1 amide bonds. The number of halogens is 2. The monoisotopic (exact) mass is 304 g/mol. The molecule has 0 aliphatic carbocycles. The van der Waals surface area contributed by atoms with Gasteiger partial charge in [0, 0.05) is 17.9 Å². The molecule has 0 fully saturated rings. The Kier molecular flexibility index (Phi) is 3.80. The Morgan fingerprint density at radius 2 is 2.10 bits per heavy atom. The van der Waals surface area contributed by atoms with E-state index in [4.69, 9.17) is 11.6 Å². The highest BCUT2D eigenvalue weighted by Gasteiger charge is 2.26. The second-order valence-electron chi connectivity index (χ2n) is 4.97. The zero-order chi connectivity index (χ0) is 14.8. The van der Waals surface area contributed by atoms with E-state index < -0.39 is 5.82 Å². The maximum Gasteiger partial charge on any atom is 0.232 e. The molecule has 108 valence electrons. The predicted octanol–water partition coefficient (Wildman–Crippen LogP) is 4.02. The van der Waals surface area contributed by atoms with E-state index in [9.17, 15) is 9.18 Å². The van der Waals surface area contributed by atoms with Crippen molar-refractivity contribution in [3.63, 3.8) is 0 Å². The summed E-state index contributed by atoms with van der Waals surface area (Å²) in [4.78, 5) is 12.5. The standard InChI is InChI=1S/C16H14ClFN2O/c17-13-9-10(5-6-14(13)18)20-16(21)12-7-8-19-15-4-2-1-3-11(12)15/h1-6,9,12,19H,7-8H2,(H,20,21). The maximum absolute atomic E-state index is 13.1. The Hall–Kier alpha value is -2.07. The first kappa shape index (κ1) is 13.9. The lowest BCUT2D eigenvalue weighted by Crippen LogP contribution is -2.27. The number of para-hydroxylation sites is 1. The summed E-state index contributed by atoms with van der Waals surface area (Å²) in [6.45, 7) is 0.749. The summed E-state index contributed by atoms with van der Waals surface area (Å²) in [7, 11) is 0. The molecule has 1 unspecified atom stereocenters. The zero-order valence-corrected chi connectivity index (χ0v) is 12.0. The highest BCUT2D eigenvalue weighted by Crippen LogP contribution is 2.32. The highest BCUT2D eigenvalue weighted by atomic mass is 35.5. The van der Waals surface area contributed by atoms with E-state index in [1.165, 1.54) is 18.2 Å². The number of benzene rings is 2. The van der Waals surface area contributed by atoms with Crippen LogP contribution in [-0.4, -0.2) is 12.5 Å². The quantitative estimate of drug-likeness (QED) is 0.880. The van der Waals surface area contributed by atoms with Crippen LogP contribution in [0.2, 0.25) is 5.02 Å². The number of hydrogen-bond acceptors (Lipinski definition) is 2. The number of nitrogens with one attached hydrogen (secondary N) is 2. The van der Waals surface area contributed by atoms with Crippen LogP contribution < -0.4 is 10.6 Å². The average Bonchev–Trinajstić information content (AvgIpc) is 2.50. The van der Waals surface area contributed by atoms with Crippen LogP contribution in [0.25, 0.3) is 0 Å². The molecule has 0 bridgehead atoms. The van der Waals surface area contributed by atoms with Crippen LogP contribution in [0.1, 0.15) is 17.9 Å².